The summed E-state index contributed by atoms with van der Waals surface area (Å²) in [4.78, 5) is 15.4. The molecule has 0 aliphatic carbocycles. The van der Waals surface area contributed by atoms with Gasteiger partial charge in [0.25, 0.3) is 5.69 Å². The first kappa shape index (κ1) is 16.0. The average Bonchev–Trinajstić information content (AvgIpc) is 3.04. The maximum absolute atomic E-state index is 11.5. The maximum Gasteiger partial charge on any atom is 0.293 e. The number of hydrogen-bond acceptors (Lipinski definition) is 7. The molecular formula is C16H18N4O4. The van der Waals surface area contributed by atoms with Crippen LogP contribution in [0.5, 0.6) is 0 Å². The minimum Gasteiger partial charge on any atom is -0.455 e. The topological polar surface area (TPSA) is 95.3 Å². The molecule has 8 nitrogen and oxygen atoms in total. The molecule has 0 saturated carbocycles. The molecule has 0 amide bonds. The average molecular weight is 330 g/mol. The third-order valence-corrected chi connectivity index (χ3v) is 4.11. The van der Waals surface area contributed by atoms with E-state index in [1.54, 1.807) is 24.3 Å². The molecule has 1 aromatic heterocycles. The summed E-state index contributed by atoms with van der Waals surface area (Å²) in [5.41, 5.74) is 1.29. The van der Waals surface area contributed by atoms with E-state index in [1.165, 1.54) is 6.07 Å². The van der Waals surface area contributed by atoms with Gasteiger partial charge in [0.05, 0.1) is 4.92 Å². The lowest BCUT2D eigenvalue weighted by Crippen LogP contribution is -2.44. The van der Waals surface area contributed by atoms with Gasteiger partial charge in [0, 0.05) is 37.8 Å². The molecule has 2 heterocycles. The second kappa shape index (κ2) is 6.71. The van der Waals surface area contributed by atoms with Crippen LogP contribution < -0.4 is 4.90 Å². The van der Waals surface area contributed by atoms with Gasteiger partial charge in [-0.05, 0) is 31.3 Å². The lowest BCUT2D eigenvalue weighted by atomic mass is 10.1. The molecule has 0 radical (unpaired) electrons. The summed E-state index contributed by atoms with van der Waals surface area (Å²) >= 11 is 0. The predicted molar refractivity (Wildman–Crippen MR) is 89.9 cm³/mol. The molecule has 24 heavy (non-hydrogen) atoms. The number of nitrogens with zero attached hydrogens (tertiary/aromatic N) is 4. The van der Waals surface area contributed by atoms with Gasteiger partial charge in [0.15, 0.2) is 0 Å². The largest absolute Gasteiger partial charge is 0.455 e. The smallest absolute Gasteiger partial charge is 0.293 e. The van der Waals surface area contributed by atoms with Crippen LogP contribution in [0.1, 0.15) is 5.76 Å². The highest BCUT2D eigenvalue weighted by Crippen LogP contribution is 2.34. The van der Waals surface area contributed by atoms with Crippen molar-refractivity contribution >= 4 is 17.6 Å². The zero-order chi connectivity index (χ0) is 17.1. The van der Waals surface area contributed by atoms with Crippen molar-refractivity contribution in [3.8, 4) is 11.3 Å². The van der Waals surface area contributed by atoms with Crippen LogP contribution >= 0.6 is 0 Å². The summed E-state index contributed by atoms with van der Waals surface area (Å²) in [5, 5.41) is 22.9. The summed E-state index contributed by atoms with van der Waals surface area (Å²) < 4.78 is 5.49. The number of nitro groups is 1. The first-order valence-electron chi connectivity index (χ1n) is 7.58. The van der Waals surface area contributed by atoms with Crippen LogP contribution in [0.15, 0.2) is 39.9 Å². The van der Waals surface area contributed by atoms with Gasteiger partial charge < -0.3 is 19.4 Å². The third kappa shape index (κ3) is 3.23. The van der Waals surface area contributed by atoms with E-state index in [2.05, 4.69) is 10.1 Å². The number of rotatable bonds is 4. The molecule has 126 valence electrons. The molecule has 1 saturated heterocycles. The van der Waals surface area contributed by atoms with E-state index in [-0.39, 0.29) is 10.6 Å². The Morgan fingerprint density at radius 3 is 2.67 bits per heavy atom. The monoisotopic (exact) mass is 330 g/mol. The number of anilines is 1. The highest BCUT2D eigenvalue weighted by atomic mass is 16.6. The minimum absolute atomic E-state index is 0.0610. The van der Waals surface area contributed by atoms with Crippen LogP contribution in [-0.4, -0.2) is 54.5 Å². The summed E-state index contributed by atoms with van der Waals surface area (Å²) in [6.07, 6.45) is 1.16. The quantitative estimate of drug-likeness (QED) is 0.400. The number of furan rings is 1. The highest BCUT2D eigenvalue weighted by Gasteiger charge is 2.23. The number of likely N-dealkylation sites (N-methyl/N-ethyl adjacent to an activating group) is 1. The van der Waals surface area contributed by atoms with E-state index in [0.29, 0.717) is 22.8 Å². The zero-order valence-corrected chi connectivity index (χ0v) is 13.3. The van der Waals surface area contributed by atoms with Gasteiger partial charge in [-0.15, -0.1) is 0 Å². The van der Waals surface area contributed by atoms with Gasteiger partial charge in [-0.3, -0.25) is 10.1 Å². The molecular weight excluding hydrogens is 312 g/mol. The van der Waals surface area contributed by atoms with Crippen LogP contribution in [0.2, 0.25) is 0 Å². The zero-order valence-electron chi connectivity index (χ0n) is 13.3. The highest BCUT2D eigenvalue weighted by molar-refractivity contribution is 5.78. The Kier molecular flexibility index (Phi) is 4.48. The molecule has 1 fully saturated rings. The molecule has 8 heteroatoms. The van der Waals surface area contributed by atoms with E-state index in [9.17, 15) is 10.1 Å². The van der Waals surface area contributed by atoms with Gasteiger partial charge in [-0.2, -0.15) is 0 Å². The predicted octanol–water partition coefficient (Wildman–Crippen LogP) is 2.41. The van der Waals surface area contributed by atoms with Crippen LogP contribution in [0, 0.1) is 10.1 Å². The van der Waals surface area contributed by atoms with Crippen molar-refractivity contribution in [1.29, 1.82) is 0 Å². The van der Waals surface area contributed by atoms with Crippen molar-refractivity contribution in [2.24, 2.45) is 5.16 Å². The number of benzene rings is 1. The Morgan fingerprint density at radius 1 is 1.25 bits per heavy atom. The fourth-order valence-corrected chi connectivity index (χ4v) is 2.77. The van der Waals surface area contributed by atoms with Gasteiger partial charge in [0.1, 0.15) is 23.4 Å². The Hall–Kier alpha value is -2.87. The summed E-state index contributed by atoms with van der Waals surface area (Å²) in [6, 6.07) is 8.41. The molecule has 3 rings (SSSR count). The number of oxime groups is 1. The maximum atomic E-state index is 11.5. The fraction of sp³-hybridized carbons (Fsp3) is 0.312. The molecule has 1 N–H and O–H groups in total. The lowest BCUT2D eigenvalue weighted by molar-refractivity contribution is -0.384. The first-order chi connectivity index (χ1) is 11.6. The van der Waals surface area contributed by atoms with Gasteiger partial charge in [-0.25, -0.2) is 0 Å². The molecule has 0 spiro atoms. The first-order valence-corrected chi connectivity index (χ1v) is 7.58. The van der Waals surface area contributed by atoms with Crippen LogP contribution in [-0.2, 0) is 0 Å². The minimum atomic E-state index is -0.365. The number of piperazine rings is 1. The Labute approximate surface area is 138 Å². The van der Waals surface area contributed by atoms with E-state index in [1.807, 2.05) is 11.9 Å². The van der Waals surface area contributed by atoms with Crippen molar-refractivity contribution in [2.45, 2.75) is 0 Å². The standard InChI is InChI=1S/C16H18N4O4/c1-18-6-8-19(9-7-18)14-4-2-12(10-15(14)20(22)23)16-5-3-13(24-16)11-17-21/h2-5,10-11,21H,6-9H2,1H3/b17-11+. The number of hydrogen-bond donors (Lipinski definition) is 1. The van der Waals surface area contributed by atoms with Crippen molar-refractivity contribution in [3.63, 3.8) is 0 Å². The third-order valence-electron chi connectivity index (χ3n) is 4.11. The van der Waals surface area contributed by atoms with Crippen LogP contribution in [0.4, 0.5) is 11.4 Å². The molecule has 0 unspecified atom stereocenters. The van der Waals surface area contributed by atoms with Gasteiger partial charge in [-0.1, -0.05) is 5.16 Å². The van der Waals surface area contributed by atoms with E-state index < -0.39 is 0 Å². The van der Waals surface area contributed by atoms with Crippen LogP contribution in [0.25, 0.3) is 11.3 Å². The van der Waals surface area contributed by atoms with Crippen molar-refractivity contribution in [2.75, 3.05) is 38.1 Å². The van der Waals surface area contributed by atoms with Crippen molar-refractivity contribution in [1.82, 2.24) is 4.90 Å². The summed E-state index contributed by atoms with van der Waals surface area (Å²) in [6.45, 7) is 3.27. The Morgan fingerprint density at radius 2 is 2.00 bits per heavy atom. The molecule has 0 atom stereocenters. The summed E-state index contributed by atoms with van der Waals surface area (Å²) in [5.74, 6) is 0.858. The second-order valence-corrected chi connectivity index (χ2v) is 5.70. The normalized spacial score (nSPS) is 16.0. The Bertz CT molecular complexity index is 763. The van der Waals surface area contributed by atoms with Gasteiger partial charge in [0.2, 0.25) is 0 Å². The molecule has 1 aliphatic rings. The lowest BCUT2D eigenvalue weighted by Gasteiger charge is -2.33. The summed E-state index contributed by atoms with van der Waals surface area (Å²) in [7, 11) is 2.04. The van der Waals surface area contributed by atoms with E-state index in [4.69, 9.17) is 9.62 Å². The molecule has 0 bridgehead atoms. The molecule has 1 aliphatic heterocycles. The fourth-order valence-electron chi connectivity index (χ4n) is 2.77. The van der Waals surface area contributed by atoms with Crippen LogP contribution in [0.3, 0.4) is 0 Å². The number of nitro benzene ring substituents is 1. The van der Waals surface area contributed by atoms with E-state index in [0.717, 1.165) is 32.4 Å². The molecule has 2 aromatic rings. The van der Waals surface area contributed by atoms with Gasteiger partial charge >= 0.3 is 0 Å². The molecule has 1 aromatic carbocycles. The Balaban J connectivity index is 1.93. The van der Waals surface area contributed by atoms with Crippen molar-refractivity contribution < 1.29 is 14.5 Å². The van der Waals surface area contributed by atoms with Crippen molar-refractivity contribution in [3.05, 3.63) is 46.2 Å². The second-order valence-electron chi connectivity index (χ2n) is 5.70. The SMILES string of the molecule is CN1CCN(c2ccc(-c3ccc(/C=N/O)o3)cc2[N+](=O)[O-])CC1. The van der Waals surface area contributed by atoms with E-state index >= 15 is 0 Å².